The van der Waals surface area contributed by atoms with E-state index in [4.69, 9.17) is 10.5 Å². The largest absolute Gasteiger partial charge is 0.485 e. The van der Waals surface area contributed by atoms with E-state index in [1.807, 2.05) is 24.3 Å². The van der Waals surface area contributed by atoms with E-state index < -0.39 is 4.92 Å². The second-order valence-electron chi connectivity index (χ2n) is 6.46. The molecule has 2 aromatic carbocycles. The number of hydrogen-bond donors (Lipinski definition) is 1. The summed E-state index contributed by atoms with van der Waals surface area (Å²) in [5.41, 5.74) is 6.63. The normalized spacial score (nSPS) is 15.6. The summed E-state index contributed by atoms with van der Waals surface area (Å²) in [4.78, 5) is 26.9. The van der Waals surface area contributed by atoms with Gasteiger partial charge >= 0.3 is 0 Å². The molecule has 2 N–H and O–H groups in total. The Morgan fingerprint density at radius 1 is 1.37 bits per heavy atom. The lowest BCUT2D eigenvalue weighted by Crippen LogP contribution is -2.46. The van der Waals surface area contributed by atoms with E-state index in [2.05, 4.69) is 11.8 Å². The molecule has 0 aliphatic carbocycles. The summed E-state index contributed by atoms with van der Waals surface area (Å²) in [6.45, 7) is 3.93. The predicted molar refractivity (Wildman–Crippen MR) is 103 cm³/mol. The van der Waals surface area contributed by atoms with Gasteiger partial charge in [-0.15, -0.1) is 0 Å². The number of nitrogen functional groups attached to an aromatic ring is 1. The minimum absolute atomic E-state index is 0.0324. The number of carbonyl (C=O) groups is 1. The molecule has 1 aliphatic heterocycles. The van der Waals surface area contributed by atoms with Crippen LogP contribution < -0.4 is 15.4 Å². The van der Waals surface area contributed by atoms with Crippen LogP contribution >= 0.6 is 0 Å². The van der Waals surface area contributed by atoms with E-state index in [1.54, 1.807) is 7.05 Å². The van der Waals surface area contributed by atoms with Crippen molar-refractivity contribution in [2.45, 2.75) is 13.0 Å². The van der Waals surface area contributed by atoms with Crippen molar-refractivity contribution in [1.82, 2.24) is 4.90 Å². The lowest BCUT2D eigenvalue weighted by Gasteiger charge is -2.37. The number of benzene rings is 2. The maximum atomic E-state index is 12.7. The molecule has 8 nitrogen and oxygen atoms in total. The summed E-state index contributed by atoms with van der Waals surface area (Å²) < 4.78 is 6.04. The van der Waals surface area contributed by atoms with Crippen molar-refractivity contribution in [3.8, 4) is 5.75 Å². The van der Waals surface area contributed by atoms with Crippen LogP contribution in [0, 0.1) is 10.1 Å². The highest BCUT2D eigenvalue weighted by atomic mass is 16.6. The Bertz CT molecular complexity index is 871. The molecule has 0 saturated heterocycles. The van der Waals surface area contributed by atoms with Crippen LogP contribution in [-0.4, -0.2) is 48.5 Å². The summed E-state index contributed by atoms with van der Waals surface area (Å²) >= 11 is 0. The molecule has 1 amide bonds. The molecule has 1 atom stereocenters. The van der Waals surface area contributed by atoms with Crippen LogP contribution in [0.2, 0.25) is 0 Å². The van der Waals surface area contributed by atoms with Gasteiger partial charge in [0.25, 0.3) is 11.6 Å². The van der Waals surface area contributed by atoms with Crippen LogP contribution in [0.1, 0.15) is 17.3 Å². The molecule has 27 heavy (non-hydrogen) atoms. The lowest BCUT2D eigenvalue weighted by molar-refractivity contribution is -0.383. The van der Waals surface area contributed by atoms with Gasteiger partial charge in [-0.2, -0.15) is 0 Å². The monoisotopic (exact) mass is 370 g/mol. The predicted octanol–water partition coefficient (Wildman–Crippen LogP) is 2.54. The van der Waals surface area contributed by atoms with Gasteiger partial charge in [-0.05, 0) is 31.2 Å². The first kappa shape index (κ1) is 18.5. The Morgan fingerprint density at radius 3 is 2.81 bits per heavy atom. The van der Waals surface area contributed by atoms with Crippen molar-refractivity contribution in [3.05, 3.63) is 58.1 Å². The molecule has 8 heteroatoms. The SMILES string of the molecule is CCN1C[C@@H](CN(C)C(=O)c2ccc(N)c([N+](=O)[O-])c2)Oc2ccccc21. The number of nitrogens with zero attached hydrogens (tertiary/aromatic N) is 3. The standard InChI is InChI=1S/C19H22N4O4/c1-3-22-12-14(27-18-7-5-4-6-16(18)22)11-21(2)19(24)13-8-9-15(20)17(10-13)23(25)26/h4-10,14H,3,11-12,20H2,1-2H3/t14-/m1/s1. The average molecular weight is 370 g/mol. The Kier molecular flexibility index (Phi) is 5.16. The number of ether oxygens (including phenoxy) is 1. The van der Waals surface area contributed by atoms with Crippen molar-refractivity contribution >= 4 is 23.0 Å². The zero-order valence-electron chi connectivity index (χ0n) is 15.3. The van der Waals surface area contributed by atoms with Crippen molar-refractivity contribution in [3.63, 3.8) is 0 Å². The number of likely N-dealkylation sites (N-methyl/N-ethyl adjacent to an activating group) is 2. The third kappa shape index (κ3) is 3.79. The minimum Gasteiger partial charge on any atom is -0.485 e. The molecule has 0 spiro atoms. The number of rotatable bonds is 5. The fourth-order valence-electron chi connectivity index (χ4n) is 3.22. The number of nitro benzene ring substituents is 1. The van der Waals surface area contributed by atoms with Gasteiger partial charge in [0.15, 0.2) is 0 Å². The average Bonchev–Trinajstić information content (AvgIpc) is 2.66. The molecule has 0 radical (unpaired) electrons. The van der Waals surface area contributed by atoms with Gasteiger partial charge < -0.3 is 20.3 Å². The molecule has 1 heterocycles. The first-order valence-electron chi connectivity index (χ1n) is 8.70. The molecule has 0 unspecified atom stereocenters. The third-order valence-corrected chi connectivity index (χ3v) is 4.60. The number of hydrogen-bond acceptors (Lipinski definition) is 6. The van der Waals surface area contributed by atoms with Gasteiger partial charge in [0.1, 0.15) is 17.5 Å². The quantitative estimate of drug-likeness (QED) is 0.493. The number of carbonyl (C=O) groups excluding carboxylic acids is 1. The van der Waals surface area contributed by atoms with Crippen molar-refractivity contribution in [2.24, 2.45) is 0 Å². The van der Waals surface area contributed by atoms with Gasteiger partial charge in [0.2, 0.25) is 0 Å². The van der Waals surface area contributed by atoms with Gasteiger partial charge in [0.05, 0.1) is 23.7 Å². The number of nitro groups is 1. The van der Waals surface area contributed by atoms with Crippen LogP contribution in [-0.2, 0) is 0 Å². The van der Waals surface area contributed by atoms with Crippen LogP contribution in [0.3, 0.4) is 0 Å². The van der Waals surface area contributed by atoms with E-state index in [0.29, 0.717) is 13.1 Å². The van der Waals surface area contributed by atoms with Gasteiger partial charge in [-0.25, -0.2) is 0 Å². The molecule has 0 bridgehead atoms. The van der Waals surface area contributed by atoms with E-state index in [0.717, 1.165) is 18.0 Å². The van der Waals surface area contributed by atoms with Gasteiger partial charge in [-0.3, -0.25) is 14.9 Å². The lowest BCUT2D eigenvalue weighted by atomic mass is 10.1. The number of fused-ring (bicyclic) bond motifs is 1. The first-order valence-corrected chi connectivity index (χ1v) is 8.70. The van der Waals surface area contributed by atoms with Crippen LogP contribution in [0.4, 0.5) is 17.1 Å². The Balaban J connectivity index is 1.74. The summed E-state index contributed by atoms with van der Waals surface area (Å²) in [6.07, 6.45) is -0.197. The molecule has 1 aliphatic rings. The van der Waals surface area contributed by atoms with Crippen molar-refractivity contribution < 1.29 is 14.5 Å². The highest BCUT2D eigenvalue weighted by molar-refractivity contribution is 5.95. The van der Waals surface area contributed by atoms with E-state index >= 15 is 0 Å². The van der Waals surface area contributed by atoms with Crippen LogP contribution in [0.5, 0.6) is 5.75 Å². The fraction of sp³-hybridized carbons (Fsp3) is 0.316. The molecule has 0 fully saturated rings. The molecular formula is C19H22N4O4. The number of nitrogens with two attached hydrogens (primary N) is 1. The maximum Gasteiger partial charge on any atom is 0.292 e. The minimum atomic E-state index is -0.591. The van der Waals surface area contributed by atoms with Gasteiger partial charge in [-0.1, -0.05) is 12.1 Å². The van der Waals surface area contributed by atoms with Crippen molar-refractivity contribution in [1.29, 1.82) is 0 Å². The van der Waals surface area contributed by atoms with Crippen LogP contribution in [0.25, 0.3) is 0 Å². The third-order valence-electron chi connectivity index (χ3n) is 4.60. The molecule has 3 rings (SSSR count). The number of amides is 1. The summed E-state index contributed by atoms with van der Waals surface area (Å²) in [5, 5.41) is 11.0. The molecule has 142 valence electrons. The summed E-state index contributed by atoms with van der Waals surface area (Å²) in [5.74, 6) is 0.475. The molecule has 0 aromatic heterocycles. The number of para-hydroxylation sites is 2. The Morgan fingerprint density at radius 2 is 2.11 bits per heavy atom. The first-order chi connectivity index (χ1) is 12.9. The number of anilines is 2. The zero-order valence-corrected chi connectivity index (χ0v) is 15.3. The fourth-order valence-corrected chi connectivity index (χ4v) is 3.22. The maximum absolute atomic E-state index is 12.7. The summed E-state index contributed by atoms with van der Waals surface area (Å²) in [6, 6.07) is 11.9. The Hall–Kier alpha value is -3.29. The topological polar surface area (TPSA) is 102 Å². The van der Waals surface area contributed by atoms with E-state index in [-0.39, 0.29) is 28.9 Å². The smallest absolute Gasteiger partial charge is 0.292 e. The summed E-state index contributed by atoms with van der Waals surface area (Å²) in [7, 11) is 1.66. The van der Waals surface area contributed by atoms with Crippen molar-refractivity contribution in [2.75, 3.05) is 37.3 Å². The zero-order chi connectivity index (χ0) is 19.6. The second kappa shape index (κ2) is 7.53. The van der Waals surface area contributed by atoms with E-state index in [9.17, 15) is 14.9 Å². The Labute approximate surface area is 157 Å². The molecule has 0 saturated carbocycles. The highest BCUT2D eigenvalue weighted by Crippen LogP contribution is 2.33. The second-order valence-corrected chi connectivity index (χ2v) is 6.46. The van der Waals surface area contributed by atoms with Gasteiger partial charge in [0, 0.05) is 25.2 Å². The molecule has 2 aromatic rings. The highest BCUT2D eigenvalue weighted by Gasteiger charge is 2.27. The van der Waals surface area contributed by atoms with E-state index in [1.165, 1.54) is 23.1 Å². The molecular weight excluding hydrogens is 348 g/mol. The van der Waals surface area contributed by atoms with Crippen LogP contribution in [0.15, 0.2) is 42.5 Å².